The van der Waals surface area contributed by atoms with E-state index >= 15 is 0 Å². The lowest BCUT2D eigenvalue weighted by molar-refractivity contribution is -0.125. The lowest BCUT2D eigenvalue weighted by atomic mass is 9.67. The fourth-order valence-corrected chi connectivity index (χ4v) is 2.32. The van der Waals surface area contributed by atoms with Gasteiger partial charge in [-0.3, -0.25) is 4.79 Å². The number of aliphatic hydroxyl groups is 1. The summed E-state index contributed by atoms with van der Waals surface area (Å²) in [5, 5.41) is 8.81. The van der Waals surface area contributed by atoms with Gasteiger partial charge in [-0.25, -0.2) is 0 Å². The van der Waals surface area contributed by atoms with E-state index < -0.39 is 0 Å². The number of Topliss-reactive ketones (excluding diaryl/α,β-unsaturated/α-hetero) is 1. The van der Waals surface area contributed by atoms with Gasteiger partial charge in [-0.2, -0.15) is 0 Å². The Morgan fingerprint density at radius 2 is 2.40 bits per heavy atom. The molecule has 0 aromatic heterocycles. The third kappa shape index (κ3) is 0.655. The Balaban J connectivity index is 2.02. The topological polar surface area (TPSA) is 37.3 Å². The van der Waals surface area contributed by atoms with Crippen LogP contribution in [0, 0.1) is 17.8 Å². The van der Waals surface area contributed by atoms with Gasteiger partial charge in [-0.05, 0) is 24.7 Å². The molecule has 0 amide bonds. The predicted molar refractivity (Wildman–Crippen MR) is 36.4 cm³/mol. The number of carbonyl (C=O) groups is 1. The van der Waals surface area contributed by atoms with E-state index in [0.717, 1.165) is 19.3 Å². The first-order chi connectivity index (χ1) is 4.83. The minimum absolute atomic E-state index is 0.286. The molecule has 2 fully saturated rings. The highest BCUT2D eigenvalue weighted by atomic mass is 16.3. The zero-order valence-corrected chi connectivity index (χ0v) is 5.92. The highest BCUT2D eigenvalue weighted by molar-refractivity contribution is 5.84. The largest absolute Gasteiger partial charge is 0.396 e. The van der Waals surface area contributed by atoms with Gasteiger partial charge in [-0.1, -0.05) is 0 Å². The second kappa shape index (κ2) is 2.06. The molecular weight excluding hydrogens is 128 g/mol. The van der Waals surface area contributed by atoms with Crippen LogP contribution in [0.4, 0.5) is 0 Å². The van der Waals surface area contributed by atoms with Crippen molar-refractivity contribution in [2.45, 2.75) is 19.3 Å². The first kappa shape index (κ1) is 6.35. The van der Waals surface area contributed by atoms with Crippen LogP contribution >= 0.6 is 0 Å². The van der Waals surface area contributed by atoms with Gasteiger partial charge in [0.25, 0.3) is 0 Å². The molecule has 0 spiro atoms. The van der Waals surface area contributed by atoms with Gasteiger partial charge in [0.05, 0.1) is 0 Å². The number of fused-ring (bicyclic) bond motifs is 1. The second-order valence-electron chi connectivity index (χ2n) is 3.45. The molecule has 3 atom stereocenters. The smallest absolute Gasteiger partial charge is 0.136 e. The molecule has 0 radical (unpaired) electrons. The number of aliphatic hydroxyl groups excluding tert-OH is 1. The molecule has 56 valence electrons. The predicted octanol–water partition coefficient (Wildman–Crippen LogP) is 0.594. The van der Waals surface area contributed by atoms with Gasteiger partial charge in [-0.15, -0.1) is 0 Å². The van der Waals surface area contributed by atoms with Gasteiger partial charge < -0.3 is 5.11 Å². The van der Waals surface area contributed by atoms with Gasteiger partial charge >= 0.3 is 0 Å². The van der Waals surface area contributed by atoms with Crippen molar-refractivity contribution in [3.63, 3.8) is 0 Å². The lowest BCUT2D eigenvalue weighted by Crippen LogP contribution is -2.37. The van der Waals surface area contributed by atoms with Crippen molar-refractivity contribution in [2.24, 2.45) is 17.8 Å². The molecule has 10 heavy (non-hydrogen) atoms. The van der Waals surface area contributed by atoms with Gasteiger partial charge in [0.15, 0.2) is 0 Å². The Morgan fingerprint density at radius 3 is 3.00 bits per heavy atom. The van der Waals surface area contributed by atoms with E-state index in [1.165, 1.54) is 0 Å². The zero-order chi connectivity index (χ0) is 7.14. The zero-order valence-electron chi connectivity index (χ0n) is 5.92. The molecule has 2 rings (SSSR count). The first-order valence-electron chi connectivity index (χ1n) is 3.96. The van der Waals surface area contributed by atoms with Crippen molar-refractivity contribution in [1.82, 2.24) is 0 Å². The third-order valence-electron chi connectivity index (χ3n) is 3.05. The van der Waals surface area contributed by atoms with E-state index in [9.17, 15) is 4.79 Å². The van der Waals surface area contributed by atoms with Crippen molar-refractivity contribution in [3.05, 3.63) is 0 Å². The van der Waals surface area contributed by atoms with Crippen LogP contribution in [-0.4, -0.2) is 17.5 Å². The number of hydrogen-bond acceptors (Lipinski definition) is 2. The van der Waals surface area contributed by atoms with Crippen molar-refractivity contribution in [3.8, 4) is 0 Å². The minimum Gasteiger partial charge on any atom is -0.396 e. The maximum absolute atomic E-state index is 11.0. The Labute approximate surface area is 60.2 Å². The monoisotopic (exact) mass is 140 g/mol. The highest BCUT2D eigenvalue weighted by Gasteiger charge is 2.47. The molecular formula is C8H12O2. The summed E-state index contributed by atoms with van der Waals surface area (Å²) in [7, 11) is 0. The Kier molecular flexibility index (Phi) is 1.31. The molecule has 0 unspecified atom stereocenters. The maximum Gasteiger partial charge on any atom is 0.136 e. The fraction of sp³-hybridized carbons (Fsp3) is 0.875. The second-order valence-corrected chi connectivity index (χ2v) is 3.45. The molecule has 2 aliphatic carbocycles. The summed E-state index contributed by atoms with van der Waals surface area (Å²) < 4.78 is 0. The van der Waals surface area contributed by atoms with Crippen molar-refractivity contribution in [2.75, 3.05) is 6.61 Å². The van der Waals surface area contributed by atoms with Crippen LogP contribution in [0.5, 0.6) is 0 Å². The van der Waals surface area contributed by atoms with Crippen molar-refractivity contribution < 1.29 is 9.90 Å². The molecule has 0 heterocycles. The van der Waals surface area contributed by atoms with E-state index in [1.54, 1.807) is 0 Å². The van der Waals surface area contributed by atoms with Crippen LogP contribution < -0.4 is 0 Å². The molecule has 2 saturated carbocycles. The summed E-state index contributed by atoms with van der Waals surface area (Å²) in [6, 6.07) is 0. The number of carbonyl (C=O) groups excluding carboxylic acids is 1. The fourth-order valence-electron chi connectivity index (χ4n) is 2.32. The van der Waals surface area contributed by atoms with E-state index in [1.807, 2.05) is 0 Å². The Bertz CT molecular complexity index is 165. The summed E-state index contributed by atoms with van der Waals surface area (Å²) in [6.07, 6.45) is 2.76. The van der Waals surface area contributed by atoms with E-state index in [2.05, 4.69) is 0 Å². The van der Waals surface area contributed by atoms with Crippen LogP contribution in [0.2, 0.25) is 0 Å². The van der Waals surface area contributed by atoms with Crippen LogP contribution in [0.25, 0.3) is 0 Å². The van der Waals surface area contributed by atoms with E-state index in [-0.39, 0.29) is 6.61 Å². The lowest BCUT2D eigenvalue weighted by Gasteiger charge is -2.37. The average Bonchev–Trinajstić information content (AvgIpc) is 2.10. The number of hydrogen-bond donors (Lipinski definition) is 1. The summed E-state index contributed by atoms with van der Waals surface area (Å²) in [6.45, 7) is 0.286. The maximum atomic E-state index is 11.0. The quantitative estimate of drug-likeness (QED) is 0.579. The van der Waals surface area contributed by atoms with Crippen LogP contribution in [0.15, 0.2) is 0 Å². The standard InChI is InChI=1S/C8H12O2/c9-4-5-3-7-6(5)1-2-8(7)10/h5-7,9H,1-4H2/t5-,6+,7-/m1/s1. The molecule has 2 nitrogen and oxygen atoms in total. The van der Waals surface area contributed by atoms with Gasteiger partial charge in [0.2, 0.25) is 0 Å². The summed E-state index contributed by atoms with van der Waals surface area (Å²) >= 11 is 0. The van der Waals surface area contributed by atoms with Crippen LogP contribution in [-0.2, 0) is 4.79 Å². The molecule has 0 aromatic rings. The van der Waals surface area contributed by atoms with Crippen molar-refractivity contribution in [1.29, 1.82) is 0 Å². The molecule has 0 saturated heterocycles. The van der Waals surface area contributed by atoms with E-state index in [4.69, 9.17) is 5.11 Å². The van der Waals surface area contributed by atoms with Crippen LogP contribution in [0.1, 0.15) is 19.3 Å². The number of rotatable bonds is 1. The molecule has 0 aromatic carbocycles. The Hall–Kier alpha value is -0.370. The van der Waals surface area contributed by atoms with Gasteiger partial charge in [0.1, 0.15) is 5.78 Å². The molecule has 0 aliphatic heterocycles. The summed E-state index contributed by atoms with van der Waals surface area (Å²) in [5.74, 6) is 1.79. The molecule has 2 heteroatoms. The summed E-state index contributed by atoms with van der Waals surface area (Å²) in [5.41, 5.74) is 0. The summed E-state index contributed by atoms with van der Waals surface area (Å²) in [4.78, 5) is 11.0. The third-order valence-corrected chi connectivity index (χ3v) is 3.05. The average molecular weight is 140 g/mol. The SMILES string of the molecule is O=C1CC[C@H]2[C@@H](CO)C[C@@H]12. The Morgan fingerprint density at radius 1 is 1.60 bits per heavy atom. The van der Waals surface area contributed by atoms with E-state index in [0.29, 0.717) is 23.5 Å². The normalized spacial score (nSPS) is 44.9. The van der Waals surface area contributed by atoms with Crippen LogP contribution in [0.3, 0.4) is 0 Å². The minimum atomic E-state index is 0.286. The molecule has 2 aliphatic rings. The van der Waals surface area contributed by atoms with Gasteiger partial charge in [0, 0.05) is 18.9 Å². The number of ketones is 1. The molecule has 1 N–H and O–H groups in total. The molecule has 0 bridgehead atoms. The van der Waals surface area contributed by atoms with Crippen molar-refractivity contribution >= 4 is 5.78 Å². The highest BCUT2D eigenvalue weighted by Crippen LogP contribution is 2.48. The first-order valence-corrected chi connectivity index (χ1v) is 3.96.